The third-order valence-electron chi connectivity index (χ3n) is 0.715. The monoisotopic (exact) mass is 100 g/mol. The summed E-state index contributed by atoms with van der Waals surface area (Å²) in [6.07, 6.45) is 0. The molecule has 1 fully saturated rings. The van der Waals surface area contributed by atoms with Crippen LogP contribution in [0.5, 0.6) is 0 Å². The highest BCUT2D eigenvalue weighted by Crippen LogP contribution is 1.85. The van der Waals surface area contributed by atoms with Crippen molar-refractivity contribution in [1.29, 1.82) is 0 Å². The summed E-state index contributed by atoms with van der Waals surface area (Å²) in [6.45, 7) is 2.29. The van der Waals surface area contributed by atoms with Crippen LogP contribution in [0.25, 0.3) is 0 Å². The highest BCUT2D eigenvalue weighted by atomic mass is 16.5. The highest BCUT2D eigenvalue weighted by Gasteiger charge is 2.04. The largest absolute Gasteiger partial charge is 0.364 e. The van der Waals surface area contributed by atoms with E-state index in [4.69, 9.17) is 0 Å². The van der Waals surface area contributed by atoms with Crippen molar-refractivity contribution < 1.29 is 9.53 Å². The van der Waals surface area contributed by atoms with Crippen LogP contribution in [-0.4, -0.2) is 19.1 Å². The fourth-order valence-electron chi connectivity index (χ4n) is 0.400. The van der Waals surface area contributed by atoms with Gasteiger partial charge in [0.25, 0.3) is 0 Å². The molecule has 1 amide bonds. The molecule has 0 aromatic heterocycles. The molecule has 1 rings (SSSR count). The van der Waals surface area contributed by atoms with Crippen molar-refractivity contribution in [3.63, 3.8) is 0 Å². The molecule has 0 spiro atoms. The number of carbonyl (C=O) groups excluding carboxylic acids is 1. The van der Waals surface area contributed by atoms with Gasteiger partial charge in [-0.1, -0.05) is 0 Å². The number of carbonyl (C=O) groups is 1. The van der Waals surface area contributed by atoms with E-state index in [0.717, 1.165) is 0 Å². The van der Waals surface area contributed by atoms with Crippen molar-refractivity contribution in [3.8, 4) is 0 Å². The molecular formula is C4H6NO2. The molecule has 1 saturated heterocycles. The minimum absolute atomic E-state index is 0.0394. The first kappa shape index (κ1) is 4.59. The Labute approximate surface area is 41.7 Å². The molecule has 0 aromatic carbocycles. The molecule has 0 bridgehead atoms. The van der Waals surface area contributed by atoms with Crippen molar-refractivity contribution in [2.45, 2.75) is 0 Å². The predicted octanol–water partition coefficient (Wildman–Crippen LogP) is -0.705. The van der Waals surface area contributed by atoms with Crippen LogP contribution in [0.3, 0.4) is 0 Å². The van der Waals surface area contributed by atoms with Crippen LogP contribution in [0.15, 0.2) is 0 Å². The quantitative estimate of drug-likeness (QED) is 0.437. The number of morpholine rings is 1. The molecule has 1 aliphatic rings. The fraction of sp³-hybridized carbons (Fsp3) is 0.500. The first-order valence-electron chi connectivity index (χ1n) is 2.09. The van der Waals surface area contributed by atoms with Crippen LogP contribution in [-0.2, 0) is 9.53 Å². The SMILES string of the molecule is O=C1CO[CH]CN1. The van der Waals surface area contributed by atoms with Crippen molar-refractivity contribution in [3.05, 3.63) is 6.61 Å². The summed E-state index contributed by atoms with van der Waals surface area (Å²) in [5.74, 6) is -0.0394. The zero-order valence-electron chi connectivity index (χ0n) is 3.81. The van der Waals surface area contributed by atoms with Crippen LogP contribution in [0.2, 0.25) is 0 Å². The molecule has 3 heteroatoms. The maximum absolute atomic E-state index is 10.2. The Balaban J connectivity index is 2.25. The summed E-state index contributed by atoms with van der Waals surface area (Å²) in [4.78, 5) is 10.2. The minimum atomic E-state index is -0.0394. The summed E-state index contributed by atoms with van der Waals surface area (Å²) in [5.41, 5.74) is 0. The van der Waals surface area contributed by atoms with E-state index >= 15 is 0 Å². The average Bonchev–Trinajstić information content (AvgIpc) is 1.69. The van der Waals surface area contributed by atoms with Gasteiger partial charge in [-0.25, -0.2) is 0 Å². The molecular weight excluding hydrogens is 94.0 g/mol. The second kappa shape index (κ2) is 1.93. The Bertz CT molecular complexity index is 73.8. The van der Waals surface area contributed by atoms with Gasteiger partial charge < -0.3 is 10.1 Å². The van der Waals surface area contributed by atoms with Gasteiger partial charge in [-0.3, -0.25) is 4.79 Å². The minimum Gasteiger partial charge on any atom is -0.364 e. The molecule has 1 N–H and O–H groups in total. The van der Waals surface area contributed by atoms with Gasteiger partial charge in [0.05, 0.1) is 0 Å². The van der Waals surface area contributed by atoms with Gasteiger partial charge in [0.1, 0.15) is 13.2 Å². The lowest BCUT2D eigenvalue weighted by atomic mass is 10.5. The Morgan fingerprint density at radius 2 is 2.71 bits per heavy atom. The van der Waals surface area contributed by atoms with Gasteiger partial charge >= 0.3 is 0 Å². The molecule has 0 aliphatic carbocycles. The van der Waals surface area contributed by atoms with Crippen molar-refractivity contribution in [2.24, 2.45) is 0 Å². The summed E-state index contributed by atoms with van der Waals surface area (Å²) < 4.78 is 4.64. The maximum atomic E-state index is 10.2. The summed E-state index contributed by atoms with van der Waals surface area (Å²) in [5, 5.41) is 2.56. The lowest BCUT2D eigenvalue weighted by Crippen LogP contribution is -2.33. The number of hydrogen-bond acceptors (Lipinski definition) is 2. The van der Waals surface area contributed by atoms with Gasteiger partial charge in [-0.2, -0.15) is 0 Å². The summed E-state index contributed by atoms with van der Waals surface area (Å²) >= 11 is 0. The molecule has 7 heavy (non-hydrogen) atoms. The molecule has 0 atom stereocenters. The zero-order valence-corrected chi connectivity index (χ0v) is 3.81. The Hall–Kier alpha value is -0.570. The molecule has 0 aromatic rings. The predicted molar refractivity (Wildman–Crippen MR) is 23.3 cm³/mol. The third kappa shape index (κ3) is 1.16. The number of amides is 1. The van der Waals surface area contributed by atoms with Gasteiger partial charge in [0.2, 0.25) is 5.91 Å². The van der Waals surface area contributed by atoms with Crippen LogP contribution < -0.4 is 5.32 Å². The fourth-order valence-corrected chi connectivity index (χ4v) is 0.400. The smallest absolute Gasteiger partial charge is 0.246 e. The van der Waals surface area contributed by atoms with Gasteiger partial charge in [0, 0.05) is 6.54 Å². The highest BCUT2D eigenvalue weighted by molar-refractivity contribution is 5.77. The summed E-state index contributed by atoms with van der Waals surface area (Å²) in [7, 11) is 0. The van der Waals surface area contributed by atoms with Gasteiger partial charge in [0.15, 0.2) is 0 Å². The average molecular weight is 100 g/mol. The van der Waals surface area contributed by atoms with Crippen LogP contribution in [0.4, 0.5) is 0 Å². The third-order valence-corrected chi connectivity index (χ3v) is 0.715. The van der Waals surface area contributed by atoms with E-state index < -0.39 is 0 Å². The molecule has 1 heterocycles. The van der Waals surface area contributed by atoms with E-state index in [2.05, 4.69) is 10.1 Å². The van der Waals surface area contributed by atoms with E-state index in [1.807, 2.05) is 0 Å². The molecule has 1 aliphatic heterocycles. The Kier molecular flexibility index (Phi) is 1.26. The maximum Gasteiger partial charge on any atom is 0.246 e. The first-order valence-corrected chi connectivity index (χ1v) is 2.09. The number of nitrogens with one attached hydrogen (secondary N) is 1. The Morgan fingerprint density at radius 1 is 1.86 bits per heavy atom. The number of rotatable bonds is 0. The normalized spacial score (nSPS) is 21.4. The van der Waals surface area contributed by atoms with E-state index in [1.165, 1.54) is 0 Å². The van der Waals surface area contributed by atoms with Crippen molar-refractivity contribution in [2.75, 3.05) is 13.2 Å². The van der Waals surface area contributed by atoms with Crippen molar-refractivity contribution >= 4 is 5.91 Å². The summed E-state index contributed by atoms with van der Waals surface area (Å²) in [6, 6.07) is 0. The lowest BCUT2D eigenvalue weighted by Gasteiger charge is -2.09. The van der Waals surface area contributed by atoms with E-state index in [1.54, 1.807) is 6.61 Å². The standard InChI is InChI=1S/C4H6NO2/c6-4-3-7-2-1-5-4/h2H,1,3H2,(H,5,6). The lowest BCUT2D eigenvalue weighted by molar-refractivity contribution is -0.126. The van der Waals surface area contributed by atoms with Gasteiger partial charge in [-0.05, 0) is 0 Å². The molecule has 3 nitrogen and oxygen atoms in total. The topological polar surface area (TPSA) is 38.3 Å². The van der Waals surface area contributed by atoms with Gasteiger partial charge in [-0.15, -0.1) is 0 Å². The van der Waals surface area contributed by atoms with Crippen LogP contribution >= 0.6 is 0 Å². The Morgan fingerprint density at radius 3 is 3.00 bits per heavy atom. The molecule has 0 unspecified atom stereocenters. The van der Waals surface area contributed by atoms with Crippen LogP contribution in [0.1, 0.15) is 0 Å². The number of hydrogen-bond donors (Lipinski definition) is 1. The molecule has 0 saturated carbocycles. The van der Waals surface area contributed by atoms with E-state index in [-0.39, 0.29) is 12.5 Å². The van der Waals surface area contributed by atoms with Crippen LogP contribution in [0, 0.1) is 6.61 Å². The first-order chi connectivity index (χ1) is 3.39. The van der Waals surface area contributed by atoms with Crippen molar-refractivity contribution in [1.82, 2.24) is 5.32 Å². The second-order valence-corrected chi connectivity index (χ2v) is 1.28. The molecule has 39 valence electrons. The zero-order chi connectivity index (χ0) is 5.11. The number of ether oxygens (including phenoxy) is 1. The van der Waals surface area contributed by atoms with E-state index in [9.17, 15) is 4.79 Å². The molecule has 1 radical (unpaired) electrons. The van der Waals surface area contributed by atoms with E-state index in [0.29, 0.717) is 6.54 Å². The second-order valence-electron chi connectivity index (χ2n) is 1.28.